The van der Waals surface area contributed by atoms with E-state index in [0.717, 1.165) is 50.2 Å². The van der Waals surface area contributed by atoms with E-state index in [2.05, 4.69) is 27.8 Å². The van der Waals surface area contributed by atoms with Gasteiger partial charge < -0.3 is 25.4 Å². The first-order valence-corrected chi connectivity index (χ1v) is 14.4. The minimum absolute atomic E-state index is 0.186. The molecular formula is C29H39ClFN5O4. The van der Waals surface area contributed by atoms with Crippen molar-refractivity contribution in [1.82, 2.24) is 20.2 Å². The van der Waals surface area contributed by atoms with Crippen LogP contribution in [-0.4, -0.2) is 84.0 Å². The normalized spacial score (nSPS) is 17.0. The fourth-order valence-corrected chi connectivity index (χ4v) is 5.40. The number of aliphatic carboxylic acids is 1. The maximum Gasteiger partial charge on any atom is 0.326 e. The van der Waals surface area contributed by atoms with Gasteiger partial charge in [-0.25, -0.2) is 14.2 Å². The monoisotopic (exact) mass is 575 g/mol. The molecule has 0 radical (unpaired) electrons. The van der Waals surface area contributed by atoms with Gasteiger partial charge in [-0.15, -0.1) is 0 Å². The number of carboxylic acid groups (broad SMARTS) is 1. The van der Waals surface area contributed by atoms with Crippen LogP contribution < -0.4 is 10.6 Å². The number of pyridine rings is 2. The van der Waals surface area contributed by atoms with E-state index in [1.54, 1.807) is 12.3 Å². The second-order valence-corrected chi connectivity index (χ2v) is 11.2. The van der Waals surface area contributed by atoms with E-state index >= 15 is 0 Å². The third kappa shape index (κ3) is 7.89. The van der Waals surface area contributed by atoms with Gasteiger partial charge in [0.05, 0.1) is 16.5 Å². The minimum Gasteiger partial charge on any atom is -0.480 e. The van der Waals surface area contributed by atoms with Crippen LogP contribution in [0.4, 0.5) is 10.2 Å². The number of nitrogens with zero attached hydrogens (tertiary/aromatic N) is 3. The Kier molecular flexibility index (Phi) is 10.7. The number of alkyl halides is 1. The number of hydrogen-bond acceptors (Lipinski definition) is 7. The summed E-state index contributed by atoms with van der Waals surface area (Å²) < 4.78 is 18.7. The number of aryl methyl sites for hydroxylation is 2. The van der Waals surface area contributed by atoms with Gasteiger partial charge in [-0.05, 0) is 81.2 Å². The molecule has 1 aliphatic carbocycles. The van der Waals surface area contributed by atoms with E-state index in [1.165, 1.54) is 18.9 Å². The van der Waals surface area contributed by atoms with Crippen LogP contribution >= 0.6 is 11.6 Å². The highest BCUT2D eigenvalue weighted by Gasteiger charge is 2.52. The van der Waals surface area contributed by atoms with Crippen LogP contribution in [0.15, 0.2) is 30.6 Å². The molecule has 218 valence electrons. The van der Waals surface area contributed by atoms with Gasteiger partial charge in [-0.3, -0.25) is 9.78 Å². The number of aromatic nitrogens is 2. The molecule has 1 aliphatic heterocycles. The second kappa shape index (κ2) is 14.2. The van der Waals surface area contributed by atoms with Gasteiger partial charge in [-0.2, -0.15) is 0 Å². The number of rotatable bonds is 16. The smallest absolute Gasteiger partial charge is 0.326 e. The van der Waals surface area contributed by atoms with Crippen LogP contribution in [0.2, 0.25) is 5.02 Å². The third-order valence-electron chi connectivity index (χ3n) is 7.86. The van der Waals surface area contributed by atoms with E-state index in [-0.39, 0.29) is 12.3 Å². The van der Waals surface area contributed by atoms with E-state index in [0.29, 0.717) is 43.1 Å². The molecule has 4 rings (SSSR count). The number of ether oxygens (including phenoxy) is 1. The Hall–Kier alpha value is -2.82. The lowest BCUT2D eigenvalue weighted by Gasteiger charge is -2.27. The zero-order chi connectivity index (χ0) is 28.5. The molecular weight excluding hydrogens is 537 g/mol. The van der Waals surface area contributed by atoms with Crippen molar-refractivity contribution in [1.29, 1.82) is 0 Å². The number of amides is 1. The molecule has 0 saturated heterocycles. The van der Waals surface area contributed by atoms with Gasteiger partial charge >= 0.3 is 5.97 Å². The quantitative estimate of drug-likeness (QED) is 0.259. The van der Waals surface area contributed by atoms with Crippen molar-refractivity contribution in [3.05, 3.63) is 52.4 Å². The van der Waals surface area contributed by atoms with E-state index < -0.39 is 30.2 Å². The van der Waals surface area contributed by atoms with Gasteiger partial charge in [0.1, 0.15) is 18.5 Å². The molecule has 3 N–H and O–H groups in total. The number of carbonyl (C=O) groups is 2. The zero-order valence-corrected chi connectivity index (χ0v) is 23.8. The average Bonchev–Trinajstić information content (AvgIpc) is 3.77. The Morgan fingerprint density at radius 3 is 2.80 bits per heavy atom. The number of carboxylic acids is 1. The number of hydrogen-bond donors (Lipinski definition) is 3. The van der Waals surface area contributed by atoms with Gasteiger partial charge in [0.15, 0.2) is 0 Å². The van der Waals surface area contributed by atoms with Crippen molar-refractivity contribution >= 4 is 29.3 Å². The summed E-state index contributed by atoms with van der Waals surface area (Å²) in [4.78, 5) is 36.1. The summed E-state index contributed by atoms with van der Waals surface area (Å²) in [7, 11) is 1.47. The van der Waals surface area contributed by atoms with Crippen LogP contribution in [0.5, 0.6) is 0 Å². The summed E-state index contributed by atoms with van der Waals surface area (Å²) in [6.07, 6.45) is 8.65. The maximum atomic E-state index is 13.5. The van der Waals surface area contributed by atoms with Crippen molar-refractivity contribution in [3.63, 3.8) is 0 Å². The van der Waals surface area contributed by atoms with Crippen molar-refractivity contribution in [2.45, 2.75) is 68.9 Å². The Morgan fingerprint density at radius 1 is 1.27 bits per heavy atom. The van der Waals surface area contributed by atoms with Crippen molar-refractivity contribution < 1.29 is 23.8 Å². The summed E-state index contributed by atoms with van der Waals surface area (Å²) >= 11 is 6.07. The average molecular weight is 576 g/mol. The Bertz CT molecular complexity index is 1160. The fraction of sp³-hybridized carbons (Fsp3) is 0.586. The van der Waals surface area contributed by atoms with Gasteiger partial charge in [0.25, 0.3) is 0 Å². The Labute approximate surface area is 239 Å². The molecule has 2 unspecified atom stereocenters. The maximum absolute atomic E-state index is 13.5. The predicted molar refractivity (Wildman–Crippen MR) is 152 cm³/mol. The summed E-state index contributed by atoms with van der Waals surface area (Å²) in [6, 6.07) is 4.87. The highest BCUT2D eigenvalue weighted by atomic mass is 35.5. The standard InChI is InChI=1S/C29H39ClFN5O4/c1-40-24(16-31)19-36(13-3-2-6-23-8-7-20-5-4-12-33-26(20)34-23)14-9-25(27(37)38)35-28(39)29(10-11-29)21-15-22(30)18-32-17-21/h7-8,15,17-18,24-25H,2-6,9-14,16,19H2,1H3,(H,33,34)(H,35,39)(H,37,38). The first-order valence-electron chi connectivity index (χ1n) is 14.0. The molecule has 2 aromatic rings. The molecule has 1 saturated carbocycles. The largest absolute Gasteiger partial charge is 0.480 e. The van der Waals surface area contributed by atoms with Crippen molar-refractivity contribution in [2.24, 2.45) is 0 Å². The van der Waals surface area contributed by atoms with Gasteiger partial charge in [0, 0.05) is 44.8 Å². The van der Waals surface area contributed by atoms with Crippen LogP contribution in [0.25, 0.3) is 0 Å². The van der Waals surface area contributed by atoms with Crippen molar-refractivity contribution in [2.75, 3.05) is 45.3 Å². The highest BCUT2D eigenvalue weighted by Crippen LogP contribution is 2.48. The number of halogens is 2. The predicted octanol–water partition coefficient (Wildman–Crippen LogP) is 3.79. The highest BCUT2D eigenvalue weighted by molar-refractivity contribution is 6.30. The fourth-order valence-electron chi connectivity index (χ4n) is 5.23. The SMILES string of the molecule is COC(CF)CN(CCCCc1ccc2c(n1)NCCC2)CCC(NC(=O)C1(c2cncc(Cl)c2)CC1)C(=O)O. The zero-order valence-electron chi connectivity index (χ0n) is 23.0. The molecule has 2 atom stereocenters. The first kappa shape index (κ1) is 30.1. The van der Waals surface area contributed by atoms with Crippen molar-refractivity contribution in [3.8, 4) is 0 Å². The lowest BCUT2D eigenvalue weighted by molar-refractivity contribution is -0.142. The van der Waals surface area contributed by atoms with Crippen LogP contribution in [-0.2, 0) is 32.6 Å². The minimum atomic E-state index is -1.10. The van der Waals surface area contributed by atoms with Gasteiger partial charge in [0.2, 0.25) is 5.91 Å². The number of carbonyl (C=O) groups excluding carboxylic acids is 1. The Morgan fingerprint density at radius 2 is 2.10 bits per heavy atom. The lowest BCUT2D eigenvalue weighted by atomic mass is 9.96. The molecule has 0 spiro atoms. The second-order valence-electron chi connectivity index (χ2n) is 10.7. The number of anilines is 1. The number of methoxy groups -OCH3 is 1. The molecule has 9 nitrogen and oxygen atoms in total. The first-order chi connectivity index (χ1) is 19.3. The summed E-state index contributed by atoms with van der Waals surface area (Å²) in [5.74, 6) is -0.451. The van der Waals surface area contributed by atoms with E-state index in [9.17, 15) is 19.1 Å². The third-order valence-corrected chi connectivity index (χ3v) is 8.06. The molecule has 11 heteroatoms. The van der Waals surface area contributed by atoms with Crippen LogP contribution in [0.3, 0.4) is 0 Å². The molecule has 2 aliphatic rings. The molecule has 1 fully saturated rings. The molecule has 3 heterocycles. The van der Waals surface area contributed by atoms with Crippen LogP contribution in [0.1, 0.15) is 55.3 Å². The molecule has 40 heavy (non-hydrogen) atoms. The topological polar surface area (TPSA) is 117 Å². The number of unbranched alkanes of at least 4 members (excludes halogenated alkanes) is 1. The van der Waals surface area contributed by atoms with E-state index in [1.807, 2.05) is 4.90 Å². The van der Waals surface area contributed by atoms with E-state index in [4.69, 9.17) is 21.3 Å². The molecule has 2 aromatic heterocycles. The molecule has 0 bridgehead atoms. The Balaban J connectivity index is 1.31. The summed E-state index contributed by atoms with van der Waals surface area (Å²) in [6.45, 7) is 1.69. The number of nitrogens with one attached hydrogen (secondary N) is 2. The summed E-state index contributed by atoms with van der Waals surface area (Å²) in [5.41, 5.74) is 2.20. The van der Waals surface area contributed by atoms with Gasteiger partial charge in [-0.1, -0.05) is 17.7 Å². The molecule has 0 aromatic carbocycles. The number of fused-ring (bicyclic) bond motifs is 1. The lowest BCUT2D eigenvalue weighted by Crippen LogP contribution is -2.47. The molecule has 1 amide bonds. The summed E-state index contributed by atoms with van der Waals surface area (Å²) in [5, 5.41) is 16.4. The van der Waals surface area contributed by atoms with Crippen LogP contribution in [0, 0.1) is 0 Å².